The molecule has 0 radical (unpaired) electrons. The minimum atomic E-state index is 0.0356. The number of pyridine rings is 1. The molecule has 4 heteroatoms. The topological polar surface area (TPSA) is 38.7 Å². The lowest BCUT2D eigenvalue weighted by atomic mass is 9.91. The molecule has 0 spiro atoms. The average molecular weight is 271 g/mol. The minimum Gasteiger partial charge on any atom is -0.253 e. The number of fused-ring (bicyclic) bond motifs is 1. The van der Waals surface area contributed by atoms with Gasteiger partial charge in [-0.15, -0.1) is 11.8 Å². The first-order valence-corrected chi connectivity index (χ1v) is 7.50. The standard InChI is InChI=1S/C15H17N3S/c1-15(2,3)13-12-10(7-9-19-12)17-14(18-13)11-6-4-5-8-16-11/h4-6,8H,7,9H2,1-3H3. The summed E-state index contributed by atoms with van der Waals surface area (Å²) in [6, 6.07) is 5.86. The third-order valence-corrected chi connectivity index (χ3v) is 4.25. The van der Waals surface area contributed by atoms with Crippen molar-refractivity contribution in [2.24, 2.45) is 0 Å². The molecule has 98 valence electrons. The van der Waals surface area contributed by atoms with Crippen LogP contribution in [0.1, 0.15) is 32.2 Å². The normalized spacial score (nSPS) is 14.5. The van der Waals surface area contributed by atoms with Gasteiger partial charge in [0.15, 0.2) is 5.82 Å². The van der Waals surface area contributed by atoms with Crippen molar-refractivity contribution in [3.05, 3.63) is 35.8 Å². The van der Waals surface area contributed by atoms with Gasteiger partial charge in [-0.25, -0.2) is 9.97 Å². The summed E-state index contributed by atoms with van der Waals surface area (Å²) >= 11 is 1.88. The van der Waals surface area contributed by atoms with Gasteiger partial charge in [-0.1, -0.05) is 26.8 Å². The molecule has 0 atom stereocenters. The quantitative estimate of drug-likeness (QED) is 0.796. The van der Waals surface area contributed by atoms with Crippen LogP contribution >= 0.6 is 11.8 Å². The van der Waals surface area contributed by atoms with Crippen LogP contribution in [0.5, 0.6) is 0 Å². The molecular weight excluding hydrogens is 254 g/mol. The molecule has 0 aromatic carbocycles. The number of aromatic nitrogens is 3. The van der Waals surface area contributed by atoms with Gasteiger partial charge >= 0.3 is 0 Å². The predicted octanol–water partition coefficient (Wildman–Crippen LogP) is 3.48. The van der Waals surface area contributed by atoms with E-state index in [4.69, 9.17) is 9.97 Å². The van der Waals surface area contributed by atoms with Crippen LogP contribution < -0.4 is 0 Å². The highest BCUT2D eigenvalue weighted by Gasteiger charge is 2.27. The molecule has 0 saturated heterocycles. The molecule has 3 nitrogen and oxygen atoms in total. The molecule has 0 amide bonds. The summed E-state index contributed by atoms with van der Waals surface area (Å²) in [4.78, 5) is 15.1. The lowest BCUT2D eigenvalue weighted by Crippen LogP contribution is -2.17. The fourth-order valence-corrected chi connectivity index (χ4v) is 3.49. The molecule has 3 rings (SSSR count). The third kappa shape index (κ3) is 2.37. The Balaban J connectivity index is 2.19. The van der Waals surface area contributed by atoms with Crippen LogP contribution in [0.4, 0.5) is 0 Å². The summed E-state index contributed by atoms with van der Waals surface area (Å²) in [6.07, 6.45) is 2.82. The third-order valence-electron chi connectivity index (χ3n) is 3.13. The van der Waals surface area contributed by atoms with Gasteiger partial charge in [-0.05, 0) is 12.1 Å². The molecule has 2 aromatic heterocycles. The number of hydrogen-bond donors (Lipinski definition) is 0. The zero-order valence-corrected chi connectivity index (χ0v) is 12.3. The Hall–Kier alpha value is -1.42. The van der Waals surface area contributed by atoms with E-state index in [-0.39, 0.29) is 5.41 Å². The zero-order valence-electron chi connectivity index (χ0n) is 11.5. The van der Waals surface area contributed by atoms with E-state index in [1.54, 1.807) is 6.20 Å². The minimum absolute atomic E-state index is 0.0356. The molecule has 3 heterocycles. The van der Waals surface area contributed by atoms with Gasteiger partial charge < -0.3 is 0 Å². The summed E-state index contributed by atoms with van der Waals surface area (Å²) in [6.45, 7) is 6.62. The van der Waals surface area contributed by atoms with Gasteiger partial charge in [0.1, 0.15) is 5.69 Å². The number of rotatable bonds is 1. The van der Waals surface area contributed by atoms with Crippen LogP contribution in [0, 0.1) is 0 Å². The summed E-state index contributed by atoms with van der Waals surface area (Å²) in [5.74, 6) is 1.87. The molecule has 0 bridgehead atoms. The highest BCUT2D eigenvalue weighted by Crippen LogP contribution is 2.38. The molecule has 0 N–H and O–H groups in total. The van der Waals surface area contributed by atoms with Gasteiger partial charge in [0.2, 0.25) is 0 Å². The number of thioether (sulfide) groups is 1. The maximum atomic E-state index is 4.79. The van der Waals surface area contributed by atoms with Crippen molar-refractivity contribution in [1.82, 2.24) is 15.0 Å². The molecule has 1 aliphatic rings. The first-order valence-electron chi connectivity index (χ1n) is 6.51. The fourth-order valence-electron chi connectivity index (χ4n) is 2.19. The van der Waals surface area contributed by atoms with Crippen molar-refractivity contribution < 1.29 is 0 Å². The highest BCUT2D eigenvalue weighted by molar-refractivity contribution is 7.99. The molecule has 0 fully saturated rings. The monoisotopic (exact) mass is 271 g/mol. The Morgan fingerprint density at radius 2 is 2.00 bits per heavy atom. The van der Waals surface area contributed by atoms with Gasteiger partial charge in [0.25, 0.3) is 0 Å². The van der Waals surface area contributed by atoms with Gasteiger partial charge in [-0.2, -0.15) is 0 Å². The Labute approximate surface area is 117 Å². The van der Waals surface area contributed by atoms with Crippen molar-refractivity contribution in [2.45, 2.75) is 37.5 Å². The summed E-state index contributed by atoms with van der Waals surface area (Å²) in [7, 11) is 0. The second kappa shape index (κ2) is 4.60. The van der Waals surface area contributed by atoms with Crippen molar-refractivity contribution in [3.8, 4) is 11.5 Å². The van der Waals surface area contributed by atoms with Crippen LogP contribution in [-0.4, -0.2) is 20.7 Å². The second-order valence-corrected chi connectivity index (χ2v) is 6.84. The zero-order chi connectivity index (χ0) is 13.5. The van der Waals surface area contributed by atoms with Crippen molar-refractivity contribution in [3.63, 3.8) is 0 Å². The second-order valence-electron chi connectivity index (χ2n) is 5.74. The van der Waals surface area contributed by atoms with Gasteiger partial charge in [-0.3, -0.25) is 4.98 Å². The average Bonchev–Trinajstić information content (AvgIpc) is 2.85. The molecule has 19 heavy (non-hydrogen) atoms. The Morgan fingerprint density at radius 3 is 2.68 bits per heavy atom. The SMILES string of the molecule is CC(C)(C)c1nc(-c2ccccn2)nc2c1SCC2. The van der Waals surface area contributed by atoms with Crippen LogP contribution in [0.25, 0.3) is 11.5 Å². The van der Waals surface area contributed by atoms with Crippen LogP contribution in [0.3, 0.4) is 0 Å². The van der Waals surface area contributed by atoms with Crippen LogP contribution in [0.2, 0.25) is 0 Å². The van der Waals surface area contributed by atoms with Crippen molar-refractivity contribution in [2.75, 3.05) is 5.75 Å². The molecular formula is C15H17N3S. The Kier molecular flexibility index (Phi) is 3.05. The lowest BCUT2D eigenvalue weighted by Gasteiger charge is -2.21. The van der Waals surface area contributed by atoms with E-state index in [0.717, 1.165) is 29.4 Å². The van der Waals surface area contributed by atoms with E-state index < -0.39 is 0 Å². The van der Waals surface area contributed by atoms with E-state index in [0.29, 0.717) is 0 Å². The Bertz CT molecular complexity index is 603. The smallest absolute Gasteiger partial charge is 0.178 e. The van der Waals surface area contributed by atoms with E-state index in [1.165, 1.54) is 10.6 Å². The summed E-state index contributed by atoms with van der Waals surface area (Å²) in [5.41, 5.74) is 3.23. The fraction of sp³-hybridized carbons (Fsp3) is 0.400. The lowest BCUT2D eigenvalue weighted by molar-refractivity contribution is 0.551. The highest BCUT2D eigenvalue weighted by atomic mass is 32.2. The number of nitrogens with zero attached hydrogens (tertiary/aromatic N) is 3. The molecule has 1 aliphatic heterocycles. The van der Waals surface area contributed by atoms with Crippen molar-refractivity contribution in [1.29, 1.82) is 0 Å². The summed E-state index contributed by atoms with van der Waals surface area (Å²) in [5, 5.41) is 0. The Morgan fingerprint density at radius 1 is 1.16 bits per heavy atom. The predicted molar refractivity (Wildman–Crippen MR) is 78.4 cm³/mol. The molecule has 0 aliphatic carbocycles. The van der Waals surface area contributed by atoms with E-state index in [2.05, 4.69) is 25.8 Å². The maximum absolute atomic E-state index is 4.79. The number of hydrogen-bond acceptors (Lipinski definition) is 4. The summed E-state index contributed by atoms with van der Waals surface area (Å²) < 4.78 is 0. The van der Waals surface area contributed by atoms with E-state index in [9.17, 15) is 0 Å². The number of aryl methyl sites for hydroxylation is 1. The van der Waals surface area contributed by atoms with Gasteiger partial charge in [0, 0.05) is 23.8 Å². The van der Waals surface area contributed by atoms with Crippen LogP contribution in [-0.2, 0) is 11.8 Å². The maximum Gasteiger partial charge on any atom is 0.178 e. The van der Waals surface area contributed by atoms with E-state index in [1.807, 2.05) is 30.0 Å². The molecule has 2 aromatic rings. The van der Waals surface area contributed by atoms with Gasteiger partial charge in [0.05, 0.1) is 16.3 Å². The first kappa shape index (κ1) is 12.6. The largest absolute Gasteiger partial charge is 0.253 e. The molecule has 0 unspecified atom stereocenters. The first-order chi connectivity index (χ1) is 9.05. The van der Waals surface area contributed by atoms with Crippen LogP contribution in [0.15, 0.2) is 29.3 Å². The van der Waals surface area contributed by atoms with E-state index >= 15 is 0 Å². The van der Waals surface area contributed by atoms with Crippen molar-refractivity contribution >= 4 is 11.8 Å². The molecule has 0 saturated carbocycles.